The Kier molecular flexibility index (Phi) is 3.14. The van der Waals surface area contributed by atoms with Gasteiger partial charge in [0, 0.05) is 11.6 Å². The summed E-state index contributed by atoms with van der Waals surface area (Å²) >= 11 is 0. The van der Waals surface area contributed by atoms with Gasteiger partial charge in [-0.05, 0) is 0 Å². The average Bonchev–Trinajstić information content (AvgIpc) is 2.15. The molecule has 1 rings (SSSR count). The Bertz CT molecular complexity index is 470. The summed E-state index contributed by atoms with van der Waals surface area (Å²) in [5.41, 5.74) is -1.66. The van der Waals surface area contributed by atoms with Crippen molar-refractivity contribution in [3.63, 3.8) is 0 Å². The highest BCUT2D eigenvalue weighted by molar-refractivity contribution is 5.74. The fourth-order valence-electron chi connectivity index (χ4n) is 1.24. The van der Waals surface area contributed by atoms with Gasteiger partial charge < -0.3 is 5.11 Å². The van der Waals surface area contributed by atoms with Crippen molar-refractivity contribution in [3.05, 3.63) is 44.0 Å². The zero-order valence-corrected chi connectivity index (χ0v) is 7.82. The lowest BCUT2D eigenvalue weighted by Gasteiger charge is -2.00. The molecule has 0 heterocycles. The summed E-state index contributed by atoms with van der Waals surface area (Å²) in [7, 11) is 0. The van der Waals surface area contributed by atoms with Crippen molar-refractivity contribution in [1.82, 2.24) is 0 Å². The molecule has 1 aromatic rings. The number of nitro groups is 2. The van der Waals surface area contributed by atoms with Gasteiger partial charge in [-0.3, -0.25) is 25.0 Å². The number of para-hydroxylation sites is 1. The molecule has 0 spiro atoms. The van der Waals surface area contributed by atoms with Crippen LogP contribution in [0.1, 0.15) is 5.56 Å². The molecule has 0 saturated heterocycles. The number of carboxylic acids is 1. The maximum atomic E-state index is 10.6. The monoisotopic (exact) mass is 226 g/mol. The van der Waals surface area contributed by atoms with Crippen molar-refractivity contribution >= 4 is 17.3 Å². The van der Waals surface area contributed by atoms with Crippen LogP contribution in [-0.4, -0.2) is 20.9 Å². The van der Waals surface area contributed by atoms with Crippen molar-refractivity contribution in [2.45, 2.75) is 6.42 Å². The van der Waals surface area contributed by atoms with Gasteiger partial charge in [-0.1, -0.05) is 12.1 Å². The zero-order valence-electron chi connectivity index (χ0n) is 7.82. The van der Waals surface area contributed by atoms with E-state index in [1.807, 2.05) is 0 Å². The largest absolute Gasteiger partial charge is 0.481 e. The molecule has 0 fully saturated rings. The third-order valence-electron chi connectivity index (χ3n) is 1.82. The van der Waals surface area contributed by atoms with Crippen LogP contribution in [0.3, 0.4) is 0 Å². The molecule has 0 aliphatic carbocycles. The fraction of sp³-hybridized carbons (Fsp3) is 0.125. The van der Waals surface area contributed by atoms with Gasteiger partial charge >= 0.3 is 17.3 Å². The first-order valence-electron chi connectivity index (χ1n) is 4.06. The quantitative estimate of drug-likeness (QED) is 0.606. The number of carbonyl (C=O) groups is 1. The SMILES string of the molecule is O=C(O)Cc1cccc([N+](=O)[O-])c1[N+](=O)[O-]. The second-order valence-electron chi connectivity index (χ2n) is 2.87. The Balaban J connectivity index is 3.38. The maximum absolute atomic E-state index is 10.6. The van der Waals surface area contributed by atoms with E-state index < -0.39 is 33.6 Å². The van der Waals surface area contributed by atoms with E-state index in [-0.39, 0.29) is 5.56 Å². The van der Waals surface area contributed by atoms with Gasteiger partial charge in [0.15, 0.2) is 0 Å². The fourth-order valence-corrected chi connectivity index (χ4v) is 1.24. The van der Waals surface area contributed by atoms with Crippen LogP contribution in [0.25, 0.3) is 0 Å². The van der Waals surface area contributed by atoms with Gasteiger partial charge in [-0.2, -0.15) is 0 Å². The predicted molar refractivity (Wildman–Crippen MR) is 51.1 cm³/mol. The number of hydrogen-bond donors (Lipinski definition) is 1. The summed E-state index contributed by atoms with van der Waals surface area (Å²) in [6.07, 6.45) is -0.627. The zero-order chi connectivity index (χ0) is 12.3. The van der Waals surface area contributed by atoms with E-state index in [1.54, 1.807) is 0 Å². The van der Waals surface area contributed by atoms with Crippen molar-refractivity contribution < 1.29 is 19.7 Å². The minimum atomic E-state index is -1.29. The first-order chi connectivity index (χ1) is 7.43. The van der Waals surface area contributed by atoms with E-state index in [4.69, 9.17) is 5.11 Å². The van der Waals surface area contributed by atoms with Crippen LogP contribution in [-0.2, 0) is 11.2 Å². The topological polar surface area (TPSA) is 124 Å². The standard InChI is InChI=1S/C8H6N2O6/c11-7(12)4-5-2-1-3-6(9(13)14)8(5)10(15)16/h1-3H,4H2,(H,11,12). The molecule has 0 atom stereocenters. The Labute approximate surface area is 88.4 Å². The highest BCUT2D eigenvalue weighted by atomic mass is 16.6. The van der Waals surface area contributed by atoms with Crippen LogP contribution in [0, 0.1) is 20.2 Å². The summed E-state index contributed by atoms with van der Waals surface area (Å²) < 4.78 is 0. The van der Waals surface area contributed by atoms with E-state index in [9.17, 15) is 25.0 Å². The molecule has 0 amide bonds. The minimum absolute atomic E-state index is 0.188. The third-order valence-corrected chi connectivity index (χ3v) is 1.82. The molecule has 0 bridgehead atoms. The number of hydrogen-bond acceptors (Lipinski definition) is 5. The van der Waals surface area contributed by atoms with Gasteiger partial charge in [0.05, 0.1) is 16.3 Å². The van der Waals surface area contributed by atoms with E-state index in [0.717, 1.165) is 6.07 Å². The second kappa shape index (κ2) is 4.34. The lowest BCUT2D eigenvalue weighted by atomic mass is 10.1. The number of nitro benzene ring substituents is 2. The molecule has 8 nitrogen and oxygen atoms in total. The van der Waals surface area contributed by atoms with E-state index in [0.29, 0.717) is 0 Å². The van der Waals surface area contributed by atoms with Gasteiger partial charge in [-0.15, -0.1) is 0 Å². The number of aliphatic carboxylic acids is 1. The first-order valence-corrected chi connectivity index (χ1v) is 4.06. The van der Waals surface area contributed by atoms with Crippen LogP contribution < -0.4 is 0 Å². The number of rotatable bonds is 4. The highest BCUT2D eigenvalue weighted by Crippen LogP contribution is 2.30. The molecule has 0 aliphatic heterocycles. The Morgan fingerprint density at radius 2 is 1.88 bits per heavy atom. The molecule has 0 radical (unpaired) electrons. The first kappa shape index (κ1) is 11.6. The summed E-state index contributed by atoms with van der Waals surface area (Å²) in [6.45, 7) is 0. The number of nitrogens with zero attached hydrogens (tertiary/aromatic N) is 2. The van der Waals surface area contributed by atoms with Crippen LogP contribution in [0.4, 0.5) is 11.4 Å². The van der Waals surface area contributed by atoms with Gasteiger partial charge in [0.25, 0.3) is 0 Å². The van der Waals surface area contributed by atoms with Gasteiger partial charge in [0.2, 0.25) is 0 Å². The van der Waals surface area contributed by atoms with Crippen molar-refractivity contribution in [2.75, 3.05) is 0 Å². The highest BCUT2D eigenvalue weighted by Gasteiger charge is 2.28. The summed E-state index contributed by atoms with van der Waals surface area (Å²) in [5, 5.41) is 29.7. The van der Waals surface area contributed by atoms with Crippen molar-refractivity contribution in [2.24, 2.45) is 0 Å². The molecular formula is C8H6N2O6. The van der Waals surface area contributed by atoms with E-state index in [2.05, 4.69) is 0 Å². The van der Waals surface area contributed by atoms with Crippen molar-refractivity contribution in [3.8, 4) is 0 Å². The Morgan fingerprint density at radius 1 is 1.25 bits per heavy atom. The lowest BCUT2D eigenvalue weighted by molar-refractivity contribution is -0.422. The molecule has 84 valence electrons. The smallest absolute Gasteiger partial charge is 0.349 e. The van der Waals surface area contributed by atoms with Crippen LogP contribution in [0.2, 0.25) is 0 Å². The number of carboxylic acid groups (broad SMARTS) is 1. The van der Waals surface area contributed by atoms with E-state index in [1.165, 1.54) is 12.1 Å². The molecule has 0 aromatic heterocycles. The van der Waals surface area contributed by atoms with Gasteiger partial charge in [-0.25, -0.2) is 0 Å². The molecule has 1 aromatic carbocycles. The molecule has 16 heavy (non-hydrogen) atoms. The van der Waals surface area contributed by atoms with Crippen LogP contribution >= 0.6 is 0 Å². The number of benzene rings is 1. The third kappa shape index (κ3) is 2.29. The Morgan fingerprint density at radius 3 is 2.31 bits per heavy atom. The molecule has 0 saturated carbocycles. The lowest BCUT2D eigenvalue weighted by Crippen LogP contribution is -2.05. The molecule has 8 heteroatoms. The second-order valence-corrected chi connectivity index (χ2v) is 2.87. The minimum Gasteiger partial charge on any atom is -0.481 e. The normalized spacial score (nSPS) is 9.75. The molecule has 0 aliphatic rings. The van der Waals surface area contributed by atoms with E-state index >= 15 is 0 Å². The summed E-state index contributed by atoms with van der Waals surface area (Å²) in [6, 6.07) is 3.35. The molecule has 0 unspecified atom stereocenters. The predicted octanol–water partition coefficient (Wildman–Crippen LogP) is 1.13. The maximum Gasteiger partial charge on any atom is 0.349 e. The Hall–Kier alpha value is -2.51. The van der Waals surface area contributed by atoms with Crippen LogP contribution in [0.5, 0.6) is 0 Å². The summed E-state index contributed by atoms with van der Waals surface area (Å²) in [5.74, 6) is -1.29. The average molecular weight is 226 g/mol. The molecular weight excluding hydrogens is 220 g/mol. The van der Waals surface area contributed by atoms with Crippen LogP contribution in [0.15, 0.2) is 18.2 Å². The summed E-state index contributed by atoms with van der Waals surface area (Å²) in [4.78, 5) is 29.7. The molecule has 1 N–H and O–H groups in total. The van der Waals surface area contributed by atoms with Crippen molar-refractivity contribution in [1.29, 1.82) is 0 Å². The van der Waals surface area contributed by atoms with Gasteiger partial charge in [0.1, 0.15) is 0 Å².